The van der Waals surface area contributed by atoms with E-state index in [9.17, 15) is 0 Å². The van der Waals surface area contributed by atoms with Crippen molar-refractivity contribution >= 4 is 5.84 Å². The molecule has 78 valence electrons. The lowest BCUT2D eigenvalue weighted by atomic mass is 10.2. The molecule has 0 heterocycles. The van der Waals surface area contributed by atoms with Crippen molar-refractivity contribution in [2.24, 2.45) is 10.9 Å². The summed E-state index contributed by atoms with van der Waals surface area (Å²) in [6, 6.07) is 0.604. The first-order valence-corrected chi connectivity index (χ1v) is 4.78. The van der Waals surface area contributed by atoms with Crippen molar-refractivity contribution in [3.63, 3.8) is 0 Å². The highest BCUT2D eigenvalue weighted by atomic mass is 16.4. The Hall–Kier alpha value is -0.770. The number of nitrogens with two attached hydrogens (primary N) is 1. The molecule has 4 nitrogen and oxygen atoms in total. The van der Waals surface area contributed by atoms with E-state index >= 15 is 0 Å². The third-order valence-corrected chi connectivity index (χ3v) is 2.42. The zero-order valence-electron chi connectivity index (χ0n) is 8.82. The van der Waals surface area contributed by atoms with E-state index in [-0.39, 0.29) is 0 Å². The lowest BCUT2D eigenvalue weighted by molar-refractivity contribution is 0.250. The van der Waals surface area contributed by atoms with Gasteiger partial charge in [0, 0.05) is 12.5 Å². The molecule has 1 unspecified atom stereocenters. The van der Waals surface area contributed by atoms with E-state index in [1.165, 1.54) is 0 Å². The van der Waals surface area contributed by atoms with Crippen molar-refractivity contribution in [1.29, 1.82) is 0 Å². The third-order valence-electron chi connectivity index (χ3n) is 2.42. The minimum Gasteiger partial charge on any atom is -0.409 e. The van der Waals surface area contributed by atoms with Crippen molar-refractivity contribution < 1.29 is 5.21 Å². The maximum Gasteiger partial charge on any atom is 0.139 e. The minimum absolute atomic E-state index is 0.317. The lowest BCUT2D eigenvalue weighted by Crippen LogP contribution is -2.30. The van der Waals surface area contributed by atoms with E-state index in [2.05, 4.69) is 31.0 Å². The van der Waals surface area contributed by atoms with Gasteiger partial charge in [0.15, 0.2) is 0 Å². The monoisotopic (exact) mass is 187 g/mol. The molecule has 0 amide bonds. The summed E-state index contributed by atoms with van der Waals surface area (Å²) >= 11 is 0. The zero-order valence-corrected chi connectivity index (χ0v) is 8.82. The van der Waals surface area contributed by atoms with Gasteiger partial charge in [-0.3, -0.25) is 0 Å². The third kappa shape index (κ3) is 5.47. The number of hydrogen-bond donors (Lipinski definition) is 2. The van der Waals surface area contributed by atoms with Crippen LogP contribution in [0.25, 0.3) is 0 Å². The molecular formula is C9H21N3O. The highest BCUT2D eigenvalue weighted by Gasteiger charge is 2.05. The van der Waals surface area contributed by atoms with E-state index in [1.54, 1.807) is 0 Å². The molecule has 13 heavy (non-hydrogen) atoms. The van der Waals surface area contributed by atoms with Crippen LogP contribution in [0.5, 0.6) is 0 Å². The Balaban J connectivity index is 3.53. The molecular weight excluding hydrogens is 166 g/mol. The van der Waals surface area contributed by atoms with Crippen molar-refractivity contribution in [2.45, 2.75) is 39.2 Å². The van der Waals surface area contributed by atoms with Crippen molar-refractivity contribution in [1.82, 2.24) is 4.90 Å². The summed E-state index contributed by atoms with van der Waals surface area (Å²) in [5.74, 6) is 0.317. The molecule has 0 saturated carbocycles. The predicted molar refractivity (Wildman–Crippen MR) is 55.0 cm³/mol. The molecule has 0 saturated heterocycles. The van der Waals surface area contributed by atoms with E-state index < -0.39 is 0 Å². The van der Waals surface area contributed by atoms with Crippen LogP contribution in [0.3, 0.4) is 0 Å². The number of oxime groups is 1. The Morgan fingerprint density at radius 3 is 2.69 bits per heavy atom. The van der Waals surface area contributed by atoms with Gasteiger partial charge < -0.3 is 15.8 Å². The van der Waals surface area contributed by atoms with Crippen LogP contribution in [0.1, 0.15) is 33.1 Å². The van der Waals surface area contributed by atoms with Crippen LogP contribution in [0.2, 0.25) is 0 Å². The molecule has 1 atom stereocenters. The first-order valence-electron chi connectivity index (χ1n) is 4.78. The summed E-state index contributed by atoms with van der Waals surface area (Å²) in [4.78, 5) is 2.28. The number of rotatable bonds is 6. The molecule has 0 spiro atoms. The quantitative estimate of drug-likeness (QED) is 0.285. The molecule has 4 heteroatoms. The molecule has 0 fully saturated rings. The van der Waals surface area contributed by atoms with Crippen LogP contribution in [-0.2, 0) is 0 Å². The summed E-state index contributed by atoms with van der Waals surface area (Å²) in [6.45, 7) is 5.36. The molecule has 0 aromatic carbocycles. The van der Waals surface area contributed by atoms with Gasteiger partial charge in [0.2, 0.25) is 0 Å². The fourth-order valence-corrected chi connectivity index (χ4v) is 1.09. The normalized spacial score (nSPS) is 14.9. The second-order valence-corrected chi connectivity index (χ2v) is 3.43. The van der Waals surface area contributed by atoms with E-state index in [0.29, 0.717) is 18.3 Å². The lowest BCUT2D eigenvalue weighted by Gasteiger charge is -2.23. The Morgan fingerprint density at radius 2 is 2.23 bits per heavy atom. The van der Waals surface area contributed by atoms with Crippen LogP contribution in [0.4, 0.5) is 0 Å². The van der Waals surface area contributed by atoms with Crippen LogP contribution in [0, 0.1) is 0 Å². The van der Waals surface area contributed by atoms with Crippen molar-refractivity contribution in [3.05, 3.63) is 0 Å². The minimum atomic E-state index is 0.317. The second-order valence-electron chi connectivity index (χ2n) is 3.43. The zero-order chi connectivity index (χ0) is 10.3. The largest absolute Gasteiger partial charge is 0.409 e. The topological polar surface area (TPSA) is 61.8 Å². The molecule has 0 aromatic rings. The van der Waals surface area contributed by atoms with E-state index in [1.807, 2.05) is 0 Å². The number of hydrogen-bond acceptors (Lipinski definition) is 3. The van der Waals surface area contributed by atoms with Crippen LogP contribution < -0.4 is 5.73 Å². The molecule has 0 aliphatic rings. The van der Waals surface area contributed by atoms with Crippen LogP contribution >= 0.6 is 0 Å². The van der Waals surface area contributed by atoms with Gasteiger partial charge in [0.25, 0.3) is 0 Å². The Bertz CT molecular complexity index is 159. The summed E-state index contributed by atoms with van der Waals surface area (Å²) in [6.07, 6.45) is 2.76. The van der Waals surface area contributed by atoms with Gasteiger partial charge in [0.1, 0.15) is 5.84 Å². The summed E-state index contributed by atoms with van der Waals surface area (Å²) in [5.41, 5.74) is 5.35. The summed E-state index contributed by atoms with van der Waals surface area (Å²) < 4.78 is 0. The molecule has 0 aliphatic carbocycles. The average molecular weight is 187 g/mol. The Morgan fingerprint density at radius 1 is 1.62 bits per heavy atom. The van der Waals surface area contributed by atoms with E-state index in [4.69, 9.17) is 10.9 Å². The second kappa shape index (κ2) is 6.71. The number of amidine groups is 1. The highest BCUT2D eigenvalue weighted by molar-refractivity contribution is 5.79. The van der Waals surface area contributed by atoms with Crippen molar-refractivity contribution in [2.75, 3.05) is 13.6 Å². The Kier molecular flexibility index (Phi) is 6.32. The van der Waals surface area contributed by atoms with E-state index in [0.717, 1.165) is 19.4 Å². The molecule has 0 bridgehead atoms. The van der Waals surface area contributed by atoms with Gasteiger partial charge in [-0.2, -0.15) is 0 Å². The first kappa shape index (κ1) is 12.2. The van der Waals surface area contributed by atoms with Crippen LogP contribution in [-0.4, -0.2) is 35.6 Å². The highest BCUT2D eigenvalue weighted by Crippen LogP contribution is 2.01. The molecule has 3 N–H and O–H groups in total. The summed E-state index contributed by atoms with van der Waals surface area (Å²) in [5, 5.41) is 11.2. The fourth-order valence-electron chi connectivity index (χ4n) is 1.09. The van der Waals surface area contributed by atoms with Gasteiger partial charge in [0.05, 0.1) is 0 Å². The van der Waals surface area contributed by atoms with Gasteiger partial charge >= 0.3 is 0 Å². The molecule has 0 aromatic heterocycles. The summed E-state index contributed by atoms with van der Waals surface area (Å²) in [7, 11) is 2.10. The standard InChI is InChI=1S/C9H21N3O/c1-4-8(2)12(3)7-5-6-9(10)11-13/h8,13H,4-7H2,1-3H3,(H2,10,11). The smallest absolute Gasteiger partial charge is 0.139 e. The Labute approximate surface area is 80.4 Å². The number of nitrogens with zero attached hydrogens (tertiary/aromatic N) is 2. The maximum absolute atomic E-state index is 8.30. The van der Waals surface area contributed by atoms with Gasteiger partial charge in [-0.15, -0.1) is 0 Å². The van der Waals surface area contributed by atoms with Gasteiger partial charge in [-0.05, 0) is 33.4 Å². The van der Waals surface area contributed by atoms with Crippen LogP contribution in [0.15, 0.2) is 5.16 Å². The molecule has 0 radical (unpaired) electrons. The maximum atomic E-state index is 8.30. The first-order chi connectivity index (χ1) is 6.11. The fraction of sp³-hybridized carbons (Fsp3) is 0.889. The van der Waals surface area contributed by atoms with Gasteiger partial charge in [-0.1, -0.05) is 12.1 Å². The predicted octanol–water partition coefficient (Wildman–Crippen LogP) is 1.24. The average Bonchev–Trinajstić information content (AvgIpc) is 2.15. The van der Waals surface area contributed by atoms with Crippen molar-refractivity contribution in [3.8, 4) is 0 Å². The SMILES string of the molecule is CCC(C)N(C)CCC/C(N)=N/O. The molecule has 0 rings (SSSR count). The van der Waals surface area contributed by atoms with Gasteiger partial charge in [-0.25, -0.2) is 0 Å². The molecule has 0 aliphatic heterocycles.